The Kier molecular flexibility index (Phi) is 7.06. The summed E-state index contributed by atoms with van der Waals surface area (Å²) in [7, 11) is 0. The zero-order valence-electron chi connectivity index (χ0n) is 22.8. The number of anilines is 2. The second kappa shape index (κ2) is 10.8. The van der Waals surface area contributed by atoms with Gasteiger partial charge in [-0.2, -0.15) is 5.26 Å². The van der Waals surface area contributed by atoms with Crippen LogP contribution < -0.4 is 10.6 Å². The van der Waals surface area contributed by atoms with E-state index in [4.69, 9.17) is 11.6 Å². The van der Waals surface area contributed by atoms with Crippen molar-refractivity contribution < 1.29 is 4.39 Å². The van der Waals surface area contributed by atoms with Crippen molar-refractivity contribution >= 4 is 33.9 Å². The molecule has 2 heterocycles. The highest BCUT2D eigenvalue weighted by Gasteiger charge is 2.27. The van der Waals surface area contributed by atoms with Crippen molar-refractivity contribution in [1.29, 1.82) is 5.26 Å². The average molecular weight is 566 g/mol. The molecule has 0 unspecified atom stereocenters. The van der Waals surface area contributed by atoms with Crippen LogP contribution in [0.3, 0.4) is 0 Å². The van der Waals surface area contributed by atoms with E-state index in [0.717, 1.165) is 23.8 Å². The summed E-state index contributed by atoms with van der Waals surface area (Å²) in [5.74, 6) is -0.313. The SMILES string of the molecule is CC(C)(CNc1c(C#N)cnc2c(Cl)cc(N[C@@H](c3ccc(F)cc3)c3cn(C4CC4)nn3)cc12)c1ccccc1. The van der Waals surface area contributed by atoms with Crippen LogP contribution in [0.2, 0.25) is 5.02 Å². The summed E-state index contributed by atoms with van der Waals surface area (Å²) in [6.07, 6.45) is 5.66. The predicted octanol–water partition coefficient (Wildman–Crippen LogP) is 7.42. The highest BCUT2D eigenvalue weighted by Crippen LogP contribution is 2.38. The average Bonchev–Trinajstić information content (AvgIpc) is 3.72. The maximum Gasteiger partial charge on any atom is 0.123 e. The smallest absolute Gasteiger partial charge is 0.123 e. The van der Waals surface area contributed by atoms with Crippen molar-refractivity contribution in [3.63, 3.8) is 0 Å². The third kappa shape index (κ3) is 5.59. The van der Waals surface area contributed by atoms with Gasteiger partial charge >= 0.3 is 0 Å². The number of nitrogens with one attached hydrogen (secondary N) is 2. The van der Waals surface area contributed by atoms with Gasteiger partial charge in [-0.3, -0.25) is 4.98 Å². The van der Waals surface area contributed by atoms with E-state index in [0.29, 0.717) is 45.8 Å². The number of hydrogen-bond donors (Lipinski definition) is 2. The molecule has 7 nitrogen and oxygen atoms in total. The zero-order chi connectivity index (χ0) is 28.6. The molecule has 9 heteroatoms. The summed E-state index contributed by atoms with van der Waals surface area (Å²) in [6, 6.07) is 22.6. The molecule has 1 saturated carbocycles. The molecule has 1 aliphatic rings. The minimum absolute atomic E-state index is 0.204. The third-order valence-electron chi connectivity index (χ3n) is 7.57. The lowest BCUT2D eigenvalue weighted by Gasteiger charge is -2.27. The highest BCUT2D eigenvalue weighted by atomic mass is 35.5. The summed E-state index contributed by atoms with van der Waals surface area (Å²) in [4.78, 5) is 4.50. The van der Waals surface area contributed by atoms with E-state index in [9.17, 15) is 9.65 Å². The molecule has 0 amide bonds. The van der Waals surface area contributed by atoms with Crippen LogP contribution in [0.4, 0.5) is 15.8 Å². The molecule has 0 saturated heterocycles. The van der Waals surface area contributed by atoms with Crippen LogP contribution in [0.25, 0.3) is 10.9 Å². The minimum atomic E-state index is -0.405. The molecule has 0 aliphatic heterocycles. The number of nitriles is 1. The van der Waals surface area contributed by atoms with E-state index >= 15 is 0 Å². The number of rotatable bonds is 9. The number of fused-ring (bicyclic) bond motifs is 1. The van der Waals surface area contributed by atoms with E-state index in [2.05, 4.69) is 58.0 Å². The molecule has 2 aromatic heterocycles. The van der Waals surface area contributed by atoms with Crippen molar-refractivity contribution in [2.24, 2.45) is 0 Å². The van der Waals surface area contributed by atoms with Crippen LogP contribution in [0, 0.1) is 17.1 Å². The van der Waals surface area contributed by atoms with Crippen molar-refractivity contribution in [2.45, 2.75) is 44.2 Å². The number of pyridine rings is 1. The number of aromatic nitrogens is 4. The highest BCUT2D eigenvalue weighted by molar-refractivity contribution is 6.35. The normalized spacial score (nSPS) is 14.0. The lowest BCUT2D eigenvalue weighted by Crippen LogP contribution is -2.28. The first kappa shape index (κ1) is 26.7. The van der Waals surface area contributed by atoms with Gasteiger partial charge in [0.2, 0.25) is 0 Å². The van der Waals surface area contributed by atoms with Crippen molar-refractivity contribution in [3.8, 4) is 6.07 Å². The molecule has 0 bridgehead atoms. The number of nitrogens with zero attached hydrogens (tertiary/aromatic N) is 5. The van der Waals surface area contributed by atoms with Crippen molar-refractivity contribution in [2.75, 3.05) is 17.2 Å². The van der Waals surface area contributed by atoms with Crippen LogP contribution in [-0.4, -0.2) is 26.5 Å². The molecule has 3 aromatic carbocycles. The third-order valence-corrected chi connectivity index (χ3v) is 7.85. The monoisotopic (exact) mass is 565 g/mol. The van der Waals surface area contributed by atoms with E-state index < -0.39 is 6.04 Å². The molecule has 206 valence electrons. The van der Waals surface area contributed by atoms with Gasteiger partial charge < -0.3 is 10.6 Å². The summed E-state index contributed by atoms with van der Waals surface area (Å²) >= 11 is 6.77. The molecular weight excluding hydrogens is 537 g/mol. The van der Waals surface area contributed by atoms with Crippen molar-refractivity contribution in [3.05, 3.63) is 112 Å². The number of benzene rings is 3. The quantitative estimate of drug-likeness (QED) is 0.193. The number of halogens is 2. The first-order chi connectivity index (χ1) is 19.8. The predicted molar refractivity (Wildman–Crippen MR) is 160 cm³/mol. The lowest BCUT2D eigenvalue weighted by molar-refractivity contribution is 0.557. The van der Waals surface area contributed by atoms with Gasteiger partial charge in [0.15, 0.2) is 0 Å². The van der Waals surface area contributed by atoms with E-state index in [1.165, 1.54) is 17.7 Å². The molecule has 41 heavy (non-hydrogen) atoms. The Hall–Kier alpha value is -4.48. The van der Waals surface area contributed by atoms with Gasteiger partial charge in [0, 0.05) is 29.2 Å². The first-order valence-corrected chi connectivity index (χ1v) is 14.0. The summed E-state index contributed by atoms with van der Waals surface area (Å²) in [5, 5.41) is 27.0. The Morgan fingerprint density at radius 3 is 2.59 bits per heavy atom. The van der Waals surface area contributed by atoms with Crippen molar-refractivity contribution in [1.82, 2.24) is 20.0 Å². The van der Waals surface area contributed by atoms with Gasteiger partial charge in [-0.25, -0.2) is 9.07 Å². The van der Waals surface area contributed by atoms with Gasteiger partial charge in [-0.05, 0) is 48.2 Å². The molecule has 2 N–H and O–H groups in total. The van der Waals surface area contributed by atoms with Crippen LogP contribution in [0.1, 0.15) is 61.2 Å². The fourth-order valence-electron chi connectivity index (χ4n) is 5.01. The second-order valence-corrected chi connectivity index (χ2v) is 11.5. The van der Waals surface area contributed by atoms with Crippen LogP contribution in [0.5, 0.6) is 0 Å². The zero-order valence-corrected chi connectivity index (χ0v) is 23.5. The summed E-state index contributed by atoms with van der Waals surface area (Å²) in [5.41, 5.74) is 4.93. The molecule has 1 fully saturated rings. The van der Waals surface area contributed by atoms with Gasteiger partial charge in [0.05, 0.1) is 40.1 Å². The van der Waals surface area contributed by atoms with Crippen LogP contribution in [0.15, 0.2) is 79.1 Å². The standard InChI is InChI=1S/C32H29ClFN7/c1-32(2,22-6-4-3-5-7-22)19-37-29-21(16-35)17-36-31-26(29)14-24(15-27(31)33)38-30(20-8-10-23(34)11-9-20)28-18-41(40-39-28)25-12-13-25/h3-11,14-15,17-18,25,30,38H,12-13,19H2,1-2H3,(H,36,37)/t30-/m0/s1. The Balaban J connectivity index is 1.38. The molecule has 1 aliphatic carbocycles. The summed E-state index contributed by atoms with van der Waals surface area (Å²) < 4.78 is 15.7. The van der Waals surface area contributed by atoms with E-state index in [1.807, 2.05) is 41.2 Å². The Labute approximate surface area is 243 Å². The maximum atomic E-state index is 13.8. The molecule has 6 rings (SSSR count). The maximum absolute atomic E-state index is 13.8. The second-order valence-electron chi connectivity index (χ2n) is 11.1. The molecule has 0 spiro atoms. The summed E-state index contributed by atoms with van der Waals surface area (Å²) in [6.45, 7) is 4.90. The van der Waals surface area contributed by atoms with Gasteiger partial charge in [0.1, 0.15) is 17.6 Å². The van der Waals surface area contributed by atoms with E-state index in [-0.39, 0.29) is 11.2 Å². The lowest BCUT2D eigenvalue weighted by atomic mass is 9.84. The molecule has 1 atom stereocenters. The van der Waals surface area contributed by atoms with Gasteiger partial charge in [0.25, 0.3) is 0 Å². The Bertz CT molecular complexity index is 1740. The minimum Gasteiger partial charge on any atom is -0.383 e. The van der Waals surface area contributed by atoms with Gasteiger partial charge in [-0.15, -0.1) is 5.10 Å². The first-order valence-electron chi connectivity index (χ1n) is 13.6. The van der Waals surface area contributed by atoms with Gasteiger partial charge in [-0.1, -0.05) is 73.1 Å². The fourth-order valence-corrected chi connectivity index (χ4v) is 5.28. The fraction of sp³-hybridized carbons (Fsp3) is 0.250. The van der Waals surface area contributed by atoms with Crippen LogP contribution in [-0.2, 0) is 5.41 Å². The molecular formula is C32H29ClFN7. The topological polar surface area (TPSA) is 91.5 Å². The Morgan fingerprint density at radius 1 is 1.12 bits per heavy atom. The Morgan fingerprint density at radius 2 is 1.88 bits per heavy atom. The molecule has 5 aromatic rings. The number of hydrogen-bond acceptors (Lipinski definition) is 6. The van der Waals surface area contributed by atoms with E-state index in [1.54, 1.807) is 18.3 Å². The molecule has 0 radical (unpaired) electrons. The largest absolute Gasteiger partial charge is 0.383 e. The van der Waals surface area contributed by atoms with Crippen LogP contribution >= 0.6 is 11.6 Å².